The minimum absolute atomic E-state index is 0. The van der Waals surface area contributed by atoms with Gasteiger partial charge in [0.05, 0.1) is 37.6 Å². The molecule has 2 aromatic rings. The molecule has 2 aromatic carbocycles. The number of aliphatic hydroxyl groups is 1. The molecule has 9 fully saturated rings. The molecule has 4 heterocycles. The molecule has 2 spiro atoms. The molecule has 2 unspecified atom stereocenters. The number of nitrogens with two attached hydrogens (primary N) is 1. The van der Waals surface area contributed by atoms with Crippen LogP contribution in [-0.2, 0) is 26.5 Å². The van der Waals surface area contributed by atoms with E-state index in [0.717, 1.165) is 49.2 Å². The van der Waals surface area contributed by atoms with Gasteiger partial charge in [-0.15, -0.1) is 0 Å². The third-order valence-electron chi connectivity index (χ3n) is 22.9. The minimum atomic E-state index is -0.141. The number of rotatable bonds is 9. The van der Waals surface area contributed by atoms with E-state index in [1.165, 1.54) is 216 Å². The predicted octanol–water partition coefficient (Wildman–Crippen LogP) is 20.4. The van der Waals surface area contributed by atoms with Crippen molar-refractivity contribution in [3.8, 4) is 35.5 Å². The topological polar surface area (TPSA) is 101 Å². The monoisotopic (exact) mass is 1300 g/mol. The zero-order valence-corrected chi connectivity index (χ0v) is 59.5. The zero-order valence-electron chi connectivity index (χ0n) is 57.5. The number of ether oxygens (including phenoxy) is 2. The second kappa shape index (κ2) is 44.2. The van der Waals surface area contributed by atoms with Gasteiger partial charge in [0.2, 0.25) is 0 Å². The normalized spacial score (nSPS) is 28.1. The number of amidine groups is 1. The van der Waals surface area contributed by atoms with Crippen LogP contribution in [0.15, 0.2) is 65.7 Å². The van der Waals surface area contributed by atoms with Crippen LogP contribution in [0, 0.1) is 84.4 Å². The van der Waals surface area contributed by atoms with Gasteiger partial charge in [-0.2, -0.15) is 0 Å². The van der Waals surface area contributed by atoms with Crippen LogP contribution in [0.5, 0.6) is 0 Å². The van der Waals surface area contributed by atoms with Gasteiger partial charge in [-0.25, -0.2) is 0 Å². The van der Waals surface area contributed by atoms with Gasteiger partial charge in [0.1, 0.15) is 11.9 Å². The van der Waals surface area contributed by atoms with Crippen LogP contribution < -0.4 is 16.4 Å². The van der Waals surface area contributed by atoms with Crippen LogP contribution in [-0.4, -0.2) is 78.6 Å². The van der Waals surface area contributed by atoms with E-state index < -0.39 is 0 Å². The molecule has 9 heteroatoms. The average Bonchev–Trinajstić information content (AvgIpc) is 1.66. The van der Waals surface area contributed by atoms with Crippen LogP contribution >= 0.6 is 7.92 Å². The van der Waals surface area contributed by atoms with E-state index in [0.29, 0.717) is 34.2 Å². The summed E-state index contributed by atoms with van der Waals surface area (Å²) in [5, 5.41) is 17.1. The van der Waals surface area contributed by atoms with Crippen molar-refractivity contribution in [2.75, 3.05) is 26.3 Å². The fraction of sp³-hybridized carbons (Fsp3) is 0.741. The first-order valence-electron chi connectivity index (χ1n) is 35.3. The molecule has 12 rings (SSSR count). The van der Waals surface area contributed by atoms with Gasteiger partial charge in [0.25, 0.3) is 0 Å². The maximum atomic E-state index is 9.67. The predicted molar refractivity (Wildman–Crippen MR) is 389 cm³/mol. The molecule has 0 radical (unpaired) electrons. The SMILES string of the molecule is C.C.C1CCCC1.CC#CC#CC#CC.CCC1([C@H](C)[C@H](C)O)CCCCC1.C[C@@H]1OCC2(CCCCC2)[C@@H]1C.C[C@@H]1OCC2(CCNCC2)[C@@H]1N.[CH3-].[CH3-].[Fe+2].c1ccc([C@H]2N=C(C3CCCC3P(C3CCCCC3)C3CCCCC3)N[C@@H]2c2ccccc2)cc1. The Hall–Kier alpha value is -2.66. The first-order valence-corrected chi connectivity index (χ1v) is 36.9. The maximum absolute atomic E-state index is 9.67. The second-order valence-electron chi connectivity index (χ2n) is 28.0. The minimum Gasteiger partial charge on any atom is -0.393 e. The van der Waals surface area contributed by atoms with Crippen LogP contribution in [0.3, 0.4) is 0 Å². The average molecular weight is 1300 g/mol. The van der Waals surface area contributed by atoms with E-state index in [1.807, 2.05) is 6.92 Å². The number of aliphatic hydroxyl groups excluding tert-OH is 1. The van der Waals surface area contributed by atoms with Crippen molar-refractivity contribution in [3.05, 3.63) is 86.6 Å². The van der Waals surface area contributed by atoms with Crippen molar-refractivity contribution >= 4 is 13.8 Å². The first-order chi connectivity index (χ1) is 41.4. The van der Waals surface area contributed by atoms with Crippen LogP contribution in [0.2, 0.25) is 0 Å². The summed E-state index contributed by atoms with van der Waals surface area (Å²) < 4.78 is 11.4. The third-order valence-corrected chi connectivity index (χ3v) is 27.0. The smallest absolute Gasteiger partial charge is 0.393 e. The number of benzene rings is 2. The standard InChI is InChI=1S/C32H43N2P.C12H24O.C11H20O.C9H18N2O.C8H6.C5H10.2CH4.2CH3.Fe/c1-5-14-24(15-6-1)30-31(25-16-7-2-8-17-25)34-32(33-30)28-22-13-23-29(28)35(26-18-9-3-10-19-26)27-20-11-4-12-21-27;1-4-12(10(2)11(3)13)8-6-5-7-9-12;1-9-10(2)12-8-11(9)6-4-3-5-7-11;1-7-8(10)9(6-12-7)2-4-11-5-3-9;1-3-5-7-8-6-4-2;1-2-4-5-3-1;;;;;/h1-2,5-8,14-17,26-31H,3-4,9-13,18-23H2,(H,33,34);10-11,13H,4-9H2,1-3H3;9-10H,3-8H2,1-2H3;7-8,11H,2-6,10H2,1H3;1-2H3;1-5H2;2*1H4;2*1H3;/q;;;;;;;;2*-1;+2/t28?,29?,30-,31-;10-,11+;9-,10+;7-,8+;;;;;;;/m1110......./s1. The summed E-state index contributed by atoms with van der Waals surface area (Å²) in [5.41, 5.74) is 13.1. The molecule has 10 aliphatic rings. The van der Waals surface area contributed by atoms with Gasteiger partial charge in [0, 0.05) is 17.4 Å². The molecule has 3 saturated heterocycles. The maximum Gasteiger partial charge on any atom is 2.00 e. The number of piperidine rings is 1. The molecule has 5 N–H and O–H groups in total. The molecule has 0 aromatic heterocycles. The van der Waals surface area contributed by atoms with E-state index in [2.05, 4.69) is 141 Å². The van der Waals surface area contributed by atoms with Crippen molar-refractivity contribution in [2.24, 2.45) is 44.7 Å². The quantitative estimate of drug-likeness (QED) is 0.0864. The fourth-order valence-electron chi connectivity index (χ4n) is 17.1. The van der Waals surface area contributed by atoms with Gasteiger partial charge in [-0.3, -0.25) is 4.99 Å². The molecule has 4 aliphatic heterocycles. The van der Waals surface area contributed by atoms with Gasteiger partial charge < -0.3 is 45.8 Å². The van der Waals surface area contributed by atoms with Crippen LogP contribution in [0.1, 0.15) is 292 Å². The first kappa shape index (κ1) is 83.4. The summed E-state index contributed by atoms with van der Waals surface area (Å²) in [5.74, 6) is 18.8. The van der Waals surface area contributed by atoms with E-state index in [1.54, 1.807) is 13.8 Å². The Balaban J connectivity index is 0.000000417. The summed E-state index contributed by atoms with van der Waals surface area (Å²) in [6.45, 7) is 20.7. The second-order valence-corrected chi connectivity index (χ2v) is 31.0. The summed E-state index contributed by atoms with van der Waals surface area (Å²) in [6.07, 6.45) is 44.8. The Kier molecular flexibility index (Phi) is 40.9. The van der Waals surface area contributed by atoms with E-state index in [-0.39, 0.29) is 85.0 Å². The Labute approximate surface area is 568 Å². The Bertz CT molecular complexity index is 2300. The van der Waals surface area contributed by atoms with Crippen molar-refractivity contribution in [1.29, 1.82) is 0 Å². The van der Waals surface area contributed by atoms with Crippen molar-refractivity contribution in [2.45, 2.75) is 323 Å². The van der Waals surface area contributed by atoms with E-state index in [4.69, 9.17) is 20.2 Å². The summed E-state index contributed by atoms with van der Waals surface area (Å²) in [4.78, 5) is 5.54. The van der Waals surface area contributed by atoms with E-state index >= 15 is 0 Å². The molecule has 90 heavy (non-hydrogen) atoms. The molecule has 6 saturated carbocycles. The summed E-state index contributed by atoms with van der Waals surface area (Å²) in [6, 6.07) is 22.8. The molecule has 7 nitrogen and oxygen atoms in total. The van der Waals surface area contributed by atoms with Gasteiger partial charge in [-0.1, -0.05) is 238 Å². The number of hydrogen-bond acceptors (Lipinski definition) is 7. The van der Waals surface area contributed by atoms with E-state index in [9.17, 15) is 5.11 Å². The Morgan fingerprint density at radius 3 is 1.49 bits per heavy atom. The number of nitrogens with zero attached hydrogens (tertiary/aromatic N) is 1. The number of hydrogen-bond donors (Lipinski definition) is 4. The number of aliphatic imine (C=N–C) groups is 1. The van der Waals surface area contributed by atoms with Gasteiger partial charge in [-0.05, 0) is 199 Å². The van der Waals surface area contributed by atoms with Crippen molar-refractivity contribution in [3.63, 3.8) is 0 Å². The molecule has 6 aliphatic carbocycles. The van der Waals surface area contributed by atoms with Gasteiger partial charge >= 0.3 is 17.1 Å². The largest absolute Gasteiger partial charge is 2.00 e. The molecule has 10 atom stereocenters. The third kappa shape index (κ3) is 23.6. The zero-order chi connectivity index (χ0) is 60.3. The summed E-state index contributed by atoms with van der Waals surface area (Å²) >= 11 is 0. The molecular formula is C81H135FeN4O3P. The fourth-order valence-corrected chi connectivity index (χ4v) is 21.8. The molecule has 0 bridgehead atoms. The molecule has 510 valence electrons. The van der Waals surface area contributed by atoms with Crippen molar-refractivity contribution < 1.29 is 31.6 Å². The Morgan fingerprint density at radius 1 is 0.589 bits per heavy atom. The summed E-state index contributed by atoms with van der Waals surface area (Å²) in [7, 11) is 0.0886. The van der Waals surface area contributed by atoms with Gasteiger partial charge in [0.15, 0.2) is 0 Å². The molecule has 0 amide bonds. The van der Waals surface area contributed by atoms with Crippen molar-refractivity contribution in [1.82, 2.24) is 10.6 Å². The Morgan fingerprint density at radius 2 is 1.04 bits per heavy atom. The van der Waals surface area contributed by atoms with Crippen LogP contribution in [0.4, 0.5) is 0 Å². The van der Waals surface area contributed by atoms with Crippen LogP contribution in [0.25, 0.3) is 0 Å². The molecular weight excluding hydrogens is 1160 g/mol. The number of nitrogens with one attached hydrogen (secondary N) is 2.